The van der Waals surface area contributed by atoms with E-state index in [-0.39, 0.29) is 23.3 Å². The number of nitrogens with zero attached hydrogens (tertiary/aromatic N) is 4. The molecule has 120 valence electrons. The van der Waals surface area contributed by atoms with Gasteiger partial charge in [0.05, 0.1) is 18.8 Å². The molecule has 23 heavy (non-hydrogen) atoms. The molecule has 0 spiro atoms. The van der Waals surface area contributed by atoms with Crippen LogP contribution in [0.4, 0.5) is 0 Å². The van der Waals surface area contributed by atoms with Crippen LogP contribution >= 0.6 is 0 Å². The molecule has 1 saturated heterocycles. The maximum absolute atomic E-state index is 12.6. The standard InChI is InChI=1S/C16H18N4O3/c1-11-3-4-12(17-9-11)14-10-20(7-8-23-14)16(22)13-5-6-15(21)19(2)18-13/h3-6,9,14H,7-8,10H2,1-2H3/t14-/m1/s1. The van der Waals surface area contributed by atoms with Gasteiger partial charge < -0.3 is 9.64 Å². The van der Waals surface area contributed by atoms with Gasteiger partial charge in [0.25, 0.3) is 11.5 Å². The van der Waals surface area contributed by atoms with Crippen molar-refractivity contribution in [2.75, 3.05) is 19.7 Å². The minimum Gasteiger partial charge on any atom is -0.368 e. The average Bonchev–Trinajstić information content (AvgIpc) is 2.57. The molecule has 3 rings (SSSR count). The van der Waals surface area contributed by atoms with Crippen molar-refractivity contribution in [1.82, 2.24) is 19.7 Å². The Labute approximate surface area is 133 Å². The van der Waals surface area contributed by atoms with E-state index < -0.39 is 0 Å². The van der Waals surface area contributed by atoms with Crippen LogP contribution in [0.15, 0.2) is 35.3 Å². The number of ether oxygens (including phenoxy) is 1. The zero-order valence-corrected chi connectivity index (χ0v) is 13.1. The number of pyridine rings is 1. The highest BCUT2D eigenvalue weighted by molar-refractivity contribution is 5.92. The third-order valence-corrected chi connectivity index (χ3v) is 3.80. The number of hydrogen-bond donors (Lipinski definition) is 0. The highest BCUT2D eigenvalue weighted by Crippen LogP contribution is 2.21. The number of morpholine rings is 1. The highest BCUT2D eigenvalue weighted by Gasteiger charge is 2.27. The summed E-state index contributed by atoms with van der Waals surface area (Å²) < 4.78 is 6.89. The second-order valence-electron chi connectivity index (χ2n) is 5.55. The average molecular weight is 314 g/mol. The number of carbonyl (C=O) groups is 1. The van der Waals surface area contributed by atoms with Gasteiger partial charge in [-0.05, 0) is 24.6 Å². The Morgan fingerprint density at radius 3 is 2.83 bits per heavy atom. The van der Waals surface area contributed by atoms with Gasteiger partial charge in [-0.1, -0.05) is 6.07 Å². The lowest BCUT2D eigenvalue weighted by molar-refractivity contribution is -0.0250. The first-order valence-corrected chi connectivity index (χ1v) is 7.42. The van der Waals surface area contributed by atoms with Gasteiger partial charge in [0, 0.05) is 25.9 Å². The second-order valence-corrected chi connectivity index (χ2v) is 5.55. The van der Waals surface area contributed by atoms with Crippen LogP contribution in [0.5, 0.6) is 0 Å². The number of aryl methyl sites for hydroxylation is 2. The van der Waals surface area contributed by atoms with Gasteiger partial charge in [-0.2, -0.15) is 5.10 Å². The van der Waals surface area contributed by atoms with Crippen LogP contribution in [0.3, 0.4) is 0 Å². The molecular formula is C16H18N4O3. The van der Waals surface area contributed by atoms with Gasteiger partial charge in [0.2, 0.25) is 0 Å². The summed E-state index contributed by atoms with van der Waals surface area (Å²) in [6.45, 7) is 3.32. The molecule has 0 aromatic carbocycles. The summed E-state index contributed by atoms with van der Waals surface area (Å²) in [5.41, 5.74) is 1.89. The van der Waals surface area contributed by atoms with E-state index in [1.54, 1.807) is 11.1 Å². The van der Waals surface area contributed by atoms with E-state index in [0.717, 1.165) is 15.9 Å². The minimum atomic E-state index is -0.249. The fraction of sp³-hybridized carbons (Fsp3) is 0.375. The van der Waals surface area contributed by atoms with E-state index in [4.69, 9.17) is 4.74 Å². The first-order chi connectivity index (χ1) is 11.0. The Morgan fingerprint density at radius 1 is 1.30 bits per heavy atom. The largest absolute Gasteiger partial charge is 0.368 e. The molecule has 0 aliphatic carbocycles. The van der Waals surface area contributed by atoms with Crippen LogP contribution in [0.1, 0.15) is 27.8 Å². The lowest BCUT2D eigenvalue weighted by Gasteiger charge is -2.32. The summed E-state index contributed by atoms with van der Waals surface area (Å²) in [6, 6.07) is 6.69. The molecule has 1 atom stereocenters. The predicted octanol–water partition coefficient (Wildman–Crippen LogP) is 0.697. The van der Waals surface area contributed by atoms with Crippen molar-refractivity contribution in [3.05, 3.63) is 57.8 Å². The fourth-order valence-electron chi connectivity index (χ4n) is 2.46. The van der Waals surface area contributed by atoms with Crippen LogP contribution < -0.4 is 5.56 Å². The molecule has 1 amide bonds. The quantitative estimate of drug-likeness (QED) is 0.815. The molecule has 2 aromatic rings. The van der Waals surface area contributed by atoms with E-state index in [2.05, 4.69) is 10.1 Å². The predicted molar refractivity (Wildman–Crippen MR) is 83.0 cm³/mol. The summed E-state index contributed by atoms with van der Waals surface area (Å²) >= 11 is 0. The lowest BCUT2D eigenvalue weighted by Crippen LogP contribution is -2.43. The van der Waals surface area contributed by atoms with Gasteiger partial charge in [0.15, 0.2) is 0 Å². The summed E-state index contributed by atoms with van der Waals surface area (Å²) in [6.07, 6.45) is 1.54. The van der Waals surface area contributed by atoms with Crippen LogP contribution in [0.25, 0.3) is 0 Å². The number of amides is 1. The third kappa shape index (κ3) is 3.29. The van der Waals surface area contributed by atoms with Crippen molar-refractivity contribution in [3.8, 4) is 0 Å². The van der Waals surface area contributed by atoms with E-state index in [1.165, 1.54) is 19.2 Å². The third-order valence-electron chi connectivity index (χ3n) is 3.80. The summed E-state index contributed by atoms with van der Waals surface area (Å²) in [5.74, 6) is -0.207. The molecule has 3 heterocycles. The summed E-state index contributed by atoms with van der Waals surface area (Å²) in [7, 11) is 1.53. The Hall–Kier alpha value is -2.54. The molecule has 1 fully saturated rings. The van der Waals surface area contributed by atoms with Crippen LogP contribution in [-0.2, 0) is 11.8 Å². The van der Waals surface area contributed by atoms with Gasteiger partial charge in [0.1, 0.15) is 11.8 Å². The topological polar surface area (TPSA) is 77.3 Å². The van der Waals surface area contributed by atoms with Crippen molar-refractivity contribution in [2.45, 2.75) is 13.0 Å². The molecule has 0 radical (unpaired) electrons. The van der Waals surface area contributed by atoms with E-state index in [9.17, 15) is 9.59 Å². The van der Waals surface area contributed by atoms with Crippen molar-refractivity contribution >= 4 is 5.91 Å². The molecule has 7 heteroatoms. The highest BCUT2D eigenvalue weighted by atomic mass is 16.5. The van der Waals surface area contributed by atoms with Crippen LogP contribution in [0.2, 0.25) is 0 Å². The van der Waals surface area contributed by atoms with E-state index in [0.29, 0.717) is 19.7 Å². The minimum absolute atomic E-state index is 0.207. The number of hydrogen-bond acceptors (Lipinski definition) is 5. The molecular weight excluding hydrogens is 296 g/mol. The Morgan fingerprint density at radius 2 is 2.13 bits per heavy atom. The Kier molecular flexibility index (Phi) is 4.20. The molecule has 0 bridgehead atoms. The molecule has 0 N–H and O–H groups in total. The second kappa shape index (κ2) is 6.29. The van der Waals surface area contributed by atoms with Crippen molar-refractivity contribution in [2.24, 2.45) is 7.05 Å². The Balaban J connectivity index is 1.77. The fourth-order valence-corrected chi connectivity index (χ4v) is 2.46. The first-order valence-electron chi connectivity index (χ1n) is 7.42. The van der Waals surface area contributed by atoms with Crippen molar-refractivity contribution in [3.63, 3.8) is 0 Å². The van der Waals surface area contributed by atoms with Gasteiger partial charge >= 0.3 is 0 Å². The van der Waals surface area contributed by atoms with Crippen LogP contribution in [-0.4, -0.2) is 45.3 Å². The zero-order chi connectivity index (χ0) is 16.4. The van der Waals surface area contributed by atoms with Gasteiger partial charge in [-0.25, -0.2) is 4.68 Å². The van der Waals surface area contributed by atoms with Crippen LogP contribution in [0, 0.1) is 6.92 Å². The molecule has 7 nitrogen and oxygen atoms in total. The van der Waals surface area contributed by atoms with Crippen molar-refractivity contribution < 1.29 is 9.53 Å². The van der Waals surface area contributed by atoms with Crippen molar-refractivity contribution in [1.29, 1.82) is 0 Å². The maximum Gasteiger partial charge on any atom is 0.274 e. The molecule has 0 saturated carbocycles. The monoisotopic (exact) mass is 314 g/mol. The van der Waals surface area contributed by atoms with Gasteiger partial charge in [-0.15, -0.1) is 0 Å². The summed E-state index contributed by atoms with van der Waals surface area (Å²) in [4.78, 5) is 30.0. The normalized spacial score (nSPS) is 18.0. The number of rotatable bonds is 2. The van der Waals surface area contributed by atoms with E-state index >= 15 is 0 Å². The first kappa shape index (κ1) is 15.4. The number of aromatic nitrogens is 3. The number of carbonyl (C=O) groups excluding carboxylic acids is 1. The summed E-state index contributed by atoms with van der Waals surface area (Å²) in [5, 5.41) is 4.01. The molecule has 1 aliphatic rings. The molecule has 1 aliphatic heterocycles. The SMILES string of the molecule is Cc1ccc([C@H]2CN(C(=O)c3ccc(=O)n(C)n3)CCO2)nc1. The lowest BCUT2D eigenvalue weighted by atomic mass is 10.1. The van der Waals surface area contributed by atoms with E-state index in [1.807, 2.05) is 19.1 Å². The molecule has 0 unspecified atom stereocenters. The zero-order valence-electron chi connectivity index (χ0n) is 13.1. The molecule has 2 aromatic heterocycles. The smallest absolute Gasteiger partial charge is 0.274 e. The van der Waals surface area contributed by atoms with Gasteiger partial charge in [-0.3, -0.25) is 14.6 Å². The Bertz CT molecular complexity index is 770. The maximum atomic E-state index is 12.6.